The van der Waals surface area contributed by atoms with E-state index in [-0.39, 0.29) is 0 Å². The molecule has 1 aromatic rings. The van der Waals surface area contributed by atoms with Crippen LogP contribution in [0.5, 0.6) is 0 Å². The average molecular weight is 175 g/mol. The molecule has 0 spiro atoms. The van der Waals surface area contributed by atoms with Crippen LogP contribution in [0.4, 0.5) is 0 Å². The summed E-state index contributed by atoms with van der Waals surface area (Å²) in [5.74, 6) is 0. The smallest absolute Gasteiger partial charge is 0.0138 e. The third-order valence-corrected chi connectivity index (χ3v) is 1.80. The van der Waals surface area contributed by atoms with Crippen LogP contribution in [0, 0.1) is 0 Å². The van der Waals surface area contributed by atoms with E-state index >= 15 is 0 Å². The highest BCUT2D eigenvalue weighted by molar-refractivity contribution is 5.48. The SMILES string of the molecule is CCCNCC=Cc1ccccc1. The average Bonchev–Trinajstić information content (AvgIpc) is 2.19. The molecule has 0 atom stereocenters. The molecule has 0 saturated carbocycles. The molecule has 0 fully saturated rings. The molecule has 1 aromatic carbocycles. The zero-order valence-electron chi connectivity index (χ0n) is 8.16. The van der Waals surface area contributed by atoms with Crippen molar-refractivity contribution < 1.29 is 0 Å². The van der Waals surface area contributed by atoms with Gasteiger partial charge in [0.1, 0.15) is 0 Å². The van der Waals surface area contributed by atoms with Crippen molar-refractivity contribution in [2.45, 2.75) is 13.3 Å². The molecule has 13 heavy (non-hydrogen) atoms. The lowest BCUT2D eigenvalue weighted by Gasteiger charge is -1.96. The second-order valence-electron chi connectivity index (χ2n) is 3.02. The third-order valence-electron chi connectivity index (χ3n) is 1.80. The summed E-state index contributed by atoms with van der Waals surface area (Å²) in [6, 6.07) is 10.4. The van der Waals surface area contributed by atoms with Gasteiger partial charge in [0.05, 0.1) is 0 Å². The highest BCUT2D eigenvalue weighted by Gasteiger charge is 1.82. The monoisotopic (exact) mass is 175 g/mol. The minimum Gasteiger partial charge on any atom is -0.313 e. The highest BCUT2D eigenvalue weighted by Crippen LogP contribution is 1.99. The van der Waals surface area contributed by atoms with Gasteiger partial charge in [0.25, 0.3) is 0 Å². The second-order valence-corrected chi connectivity index (χ2v) is 3.02. The fourth-order valence-corrected chi connectivity index (χ4v) is 1.12. The van der Waals surface area contributed by atoms with Gasteiger partial charge in [0.2, 0.25) is 0 Å². The Labute approximate surface area is 80.5 Å². The predicted molar refractivity (Wildman–Crippen MR) is 58.6 cm³/mol. The highest BCUT2D eigenvalue weighted by atomic mass is 14.8. The molecule has 0 aliphatic carbocycles. The summed E-state index contributed by atoms with van der Waals surface area (Å²) in [5, 5.41) is 3.32. The number of hydrogen-bond acceptors (Lipinski definition) is 1. The maximum atomic E-state index is 3.32. The van der Waals surface area contributed by atoms with E-state index < -0.39 is 0 Å². The van der Waals surface area contributed by atoms with Crippen LogP contribution in [-0.4, -0.2) is 13.1 Å². The standard InChI is InChI=1S/C12H17N/c1-2-10-13-11-6-9-12-7-4-3-5-8-12/h3-9,13H,2,10-11H2,1H3. The molecule has 1 nitrogen and oxygen atoms in total. The van der Waals surface area contributed by atoms with Crippen LogP contribution in [-0.2, 0) is 0 Å². The van der Waals surface area contributed by atoms with Gasteiger partial charge in [-0.2, -0.15) is 0 Å². The van der Waals surface area contributed by atoms with Gasteiger partial charge in [-0.1, -0.05) is 49.4 Å². The topological polar surface area (TPSA) is 12.0 Å². The van der Waals surface area contributed by atoms with Gasteiger partial charge in [0, 0.05) is 6.54 Å². The summed E-state index contributed by atoms with van der Waals surface area (Å²) < 4.78 is 0. The molecule has 0 bridgehead atoms. The Kier molecular flexibility index (Phi) is 4.95. The predicted octanol–water partition coefficient (Wildman–Crippen LogP) is 2.70. The first-order valence-corrected chi connectivity index (χ1v) is 4.86. The fraction of sp³-hybridized carbons (Fsp3) is 0.333. The van der Waals surface area contributed by atoms with Crippen molar-refractivity contribution in [1.29, 1.82) is 0 Å². The third kappa shape index (κ3) is 4.48. The second kappa shape index (κ2) is 6.44. The summed E-state index contributed by atoms with van der Waals surface area (Å²) in [6.45, 7) is 4.23. The molecule has 0 amide bonds. The van der Waals surface area contributed by atoms with Crippen LogP contribution >= 0.6 is 0 Å². The van der Waals surface area contributed by atoms with Gasteiger partial charge >= 0.3 is 0 Å². The molecular formula is C12H17N. The van der Waals surface area contributed by atoms with Crippen LogP contribution < -0.4 is 5.32 Å². The van der Waals surface area contributed by atoms with Crippen LogP contribution in [0.2, 0.25) is 0 Å². The first kappa shape index (κ1) is 10.0. The Morgan fingerprint density at radius 1 is 1.23 bits per heavy atom. The summed E-state index contributed by atoms with van der Waals surface area (Å²) in [5.41, 5.74) is 1.26. The molecule has 1 N–H and O–H groups in total. The van der Waals surface area contributed by atoms with Gasteiger partial charge in [0.15, 0.2) is 0 Å². The van der Waals surface area contributed by atoms with Crippen molar-refractivity contribution in [3.8, 4) is 0 Å². The van der Waals surface area contributed by atoms with E-state index in [1.165, 1.54) is 12.0 Å². The van der Waals surface area contributed by atoms with E-state index in [0.29, 0.717) is 0 Å². The fourth-order valence-electron chi connectivity index (χ4n) is 1.12. The van der Waals surface area contributed by atoms with Crippen molar-refractivity contribution in [2.75, 3.05) is 13.1 Å². The van der Waals surface area contributed by atoms with E-state index in [4.69, 9.17) is 0 Å². The molecular weight excluding hydrogens is 158 g/mol. The summed E-state index contributed by atoms with van der Waals surface area (Å²) in [6.07, 6.45) is 5.49. The lowest BCUT2D eigenvalue weighted by molar-refractivity contribution is 0.730. The molecule has 0 aliphatic heterocycles. The first-order chi connectivity index (χ1) is 6.43. The van der Waals surface area contributed by atoms with E-state index in [0.717, 1.165) is 13.1 Å². The van der Waals surface area contributed by atoms with Gasteiger partial charge < -0.3 is 5.32 Å². The van der Waals surface area contributed by atoms with Crippen LogP contribution in [0.25, 0.3) is 6.08 Å². The van der Waals surface area contributed by atoms with Crippen LogP contribution in [0.1, 0.15) is 18.9 Å². The lowest BCUT2D eigenvalue weighted by atomic mass is 10.2. The van der Waals surface area contributed by atoms with E-state index in [2.05, 4.69) is 48.7 Å². The summed E-state index contributed by atoms with van der Waals surface area (Å²) in [4.78, 5) is 0. The van der Waals surface area contributed by atoms with Crippen molar-refractivity contribution in [2.24, 2.45) is 0 Å². The van der Waals surface area contributed by atoms with E-state index in [9.17, 15) is 0 Å². The Hall–Kier alpha value is -1.08. The molecule has 0 saturated heterocycles. The Bertz CT molecular complexity index is 239. The maximum absolute atomic E-state index is 3.32. The molecule has 0 unspecified atom stereocenters. The molecule has 0 aromatic heterocycles. The summed E-state index contributed by atoms with van der Waals surface area (Å²) in [7, 11) is 0. The Balaban J connectivity index is 2.25. The number of benzene rings is 1. The minimum absolute atomic E-state index is 0.961. The number of nitrogens with one attached hydrogen (secondary N) is 1. The molecule has 0 heterocycles. The summed E-state index contributed by atoms with van der Waals surface area (Å²) >= 11 is 0. The van der Waals surface area contributed by atoms with Gasteiger partial charge in [-0.05, 0) is 18.5 Å². The normalized spacial score (nSPS) is 10.8. The van der Waals surface area contributed by atoms with E-state index in [1.54, 1.807) is 0 Å². The zero-order chi connectivity index (χ0) is 9.36. The zero-order valence-corrected chi connectivity index (χ0v) is 8.16. The van der Waals surface area contributed by atoms with Crippen molar-refractivity contribution in [3.05, 3.63) is 42.0 Å². The lowest BCUT2D eigenvalue weighted by Crippen LogP contribution is -2.13. The Morgan fingerprint density at radius 3 is 2.69 bits per heavy atom. The number of hydrogen-bond donors (Lipinski definition) is 1. The Morgan fingerprint density at radius 2 is 2.00 bits per heavy atom. The maximum Gasteiger partial charge on any atom is 0.0138 e. The van der Waals surface area contributed by atoms with Crippen LogP contribution in [0.3, 0.4) is 0 Å². The minimum atomic E-state index is 0.961. The van der Waals surface area contributed by atoms with Crippen molar-refractivity contribution in [3.63, 3.8) is 0 Å². The largest absolute Gasteiger partial charge is 0.313 e. The molecule has 1 rings (SSSR count). The van der Waals surface area contributed by atoms with Gasteiger partial charge in [-0.15, -0.1) is 0 Å². The first-order valence-electron chi connectivity index (χ1n) is 4.86. The van der Waals surface area contributed by atoms with Gasteiger partial charge in [-0.3, -0.25) is 0 Å². The quantitative estimate of drug-likeness (QED) is 0.678. The molecule has 70 valence electrons. The van der Waals surface area contributed by atoms with Crippen molar-refractivity contribution >= 4 is 6.08 Å². The number of rotatable bonds is 5. The van der Waals surface area contributed by atoms with Crippen molar-refractivity contribution in [1.82, 2.24) is 5.32 Å². The molecule has 1 heteroatoms. The van der Waals surface area contributed by atoms with Gasteiger partial charge in [-0.25, -0.2) is 0 Å². The van der Waals surface area contributed by atoms with E-state index in [1.807, 2.05) is 6.07 Å². The molecule has 0 aliphatic rings. The van der Waals surface area contributed by atoms with Crippen LogP contribution in [0.15, 0.2) is 36.4 Å². The molecule has 0 radical (unpaired) electrons.